The fourth-order valence-electron chi connectivity index (χ4n) is 3.27. The van der Waals surface area contributed by atoms with Gasteiger partial charge in [0.05, 0.1) is 6.54 Å². The van der Waals surface area contributed by atoms with Crippen molar-refractivity contribution in [3.05, 3.63) is 64.2 Å². The number of hydrogen-bond acceptors (Lipinski definition) is 5. The first-order chi connectivity index (χ1) is 13.1. The summed E-state index contributed by atoms with van der Waals surface area (Å²) in [5, 5.41) is 3.99. The summed E-state index contributed by atoms with van der Waals surface area (Å²) in [6.45, 7) is 0.408. The molecule has 0 unspecified atom stereocenters. The molecule has 138 valence electrons. The van der Waals surface area contributed by atoms with Gasteiger partial charge in [0.2, 0.25) is 0 Å². The Kier molecular flexibility index (Phi) is 4.81. The Morgan fingerprint density at radius 3 is 2.81 bits per heavy atom. The predicted octanol–water partition coefficient (Wildman–Crippen LogP) is 3.98. The molecule has 0 saturated carbocycles. The van der Waals surface area contributed by atoms with Crippen LogP contribution >= 0.6 is 11.6 Å². The van der Waals surface area contributed by atoms with Gasteiger partial charge in [-0.1, -0.05) is 23.7 Å². The van der Waals surface area contributed by atoms with Gasteiger partial charge in [-0.15, -0.1) is 0 Å². The molecule has 0 atom stereocenters. The molecule has 3 aromatic rings. The van der Waals surface area contributed by atoms with Crippen LogP contribution in [0.5, 0.6) is 0 Å². The third-order valence-corrected chi connectivity index (χ3v) is 4.84. The molecule has 2 heterocycles. The molecular weight excluding hydrogens is 364 g/mol. The molecule has 1 amide bonds. The highest BCUT2D eigenvalue weighted by atomic mass is 35.5. The molecule has 6 nitrogen and oxygen atoms in total. The summed E-state index contributed by atoms with van der Waals surface area (Å²) in [5.74, 6) is 1.64. The fraction of sp³-hybridized carbons (Fsp3) is 0.250. The first kappa shape index (κ1) is 17.5. The van der Waals surface area contributed by atoms with E-state index in [1.807, 2.05) is 24.3 Å². The maximum Gasteiger partial charge on any atom is 0.284 e. The number of rotatable bonds is 5. The van der Waals surface area contributed by atoms with E-state index in [2.05, 4.69) is 5.32 Å². The van der Waals surface area contributed by atoms with Gasteiger partial charge >= 0.3 is 0 Å². The molecule has 0 aliphatic heterocycles. The topological polar surface area (TPSA) is 94.0 Å². The number of anilines is 1. The molecule has 0 fully saturated rings. The highest BCUT2D eigenvalue weighted by Crippen LogP contribution is 2.29. The van der Waals surface area contributed by atoms with E-state index in [1.165, 1.54) is 0 Å². The van der Waals surface area contributed by atoms with Gasteiger partial charge in [-0.25, -0.2) is 9.97 Å². The van der Waals surface area contributed by atoms with Gasteiger partial charge < -0.3 is 15.5 Å². The number of primary amides is 1. The first-order valence-corrected chi connectivity index (χ1v) is 9.26. The molecule has 4 rings (SSSR count). The quantitative estimate of drug-likeness (QED) is 0.696. The maximum atomic E-state index is 11.2. The van der Waals surface area contributed by atoms with Crippen LogP contribution in [0.4, 0.5) is 5.82 Å². The number of fused-ring (bicyclic) bond motifs is 1. The molecule has 0 radical (unpaired) electrons. The first-order valence-electron chi connectivity index (χ1n) is 8.88. The van der Waals surface area contributed by atoms with Gasteiger partial charge in [0, 0.05) is 21.8 Å². The monoisotopic (exact) mass is 382 g/mol. The largest absolute Gasteiger partial charge is 0.454 e. The third kappa shape index (κ3) is 3.80. The van der Waals surface area contributed by atoms with Gasteiger partial charge in [0.1, 0.15) is 11.6 Å². The number of carbonyl (C=O) groups is 1. The number of nitrogens with zero attached hydrogens (tertiary/aromatic N) is 2. The minimum absolute atomic E-state index is 0.149. The van der Waals surface area contributed by atoms with E-state index >= 15 is 0 Å². The maximum absolute atomic E-state index is 11.2. The van der Waals surface area contributed by atoms with E-state index in [9.17, 15) is 4.79 Å². The molecule has 0 bridgehead atoms. The lowest BCUT2D eigenvalue weighted by molar-refractivity contribution is 0.0972. The van der Waals surface area contributed by atoms with Crippen LogP contribution in [0.15, 0.2) is 40.8 Å². The zero-order valence-corrected chi connectivity index (χ0v) is 15.4. The number of hydrogen-bond donors (Lipinski definition) is 2. The van der Waals surface area contributed by atoms with Crippen LogP contribution < -0.4 is 11.1 Å². The summed E-state index contributed by atoms with van der Waals surface area (Å²) >= 11 is 6.13. The van der Waals surface area contributed by atoms with Crippen LogP contribution in [-0.4, -0.2) is 15.9 Å². The SMILES string of the molecule is NC(=O)c1ccc(CNc2nc(-c3cccc(Cl)c3)nc3c2CCCC3)o1. The van der Waals surface area contributed by atoms with Crippen LogP contribution in [0, 0.1) is 0 Å². The van der Waals surface area contributed by atoms with Gasteiger partial charge in [0.15, 0.2) is 11.6 Å². The summed E-state index contributed by atoms with van der Waals surface area (Å²) in [4.78, 5) is 20.7. The van der Waals surface area contributed by atoms with Gasteiger partial charge in [-0.3, -0.25) is 4.79 Å². The highest BCUT2D eigenvalue weighted by molar-refractivity contribution is 6.30. The van der Waals surface area contributed by atoms with Crippen molar-refractivity contribution in [3.63, 3.8) is 0 Å². The van der Waals surface area contributed by atoms with E-state index < -0.39 is 5.91 Å². The molecule has 7 heteroatoms. The second kappa shape index (κ2) is 7.40. The fourth-order valence-corrected chi connectivity index (χ4v) is 3.46. The summed E-state index contributed by atoms with van der Waals surface area (Å²) in [6, 6.07) is 10.8. The Balaban J connectivity index is 1.65. The number of amides is 1. The van der Waals surface area contributed by atoms with Crippen LogP contribution in [0.2, 0.25) is 5.02 Å². The summed E-state index contributed by atoms with van der Waals surface area (Å²) < 4.78 is 5.44. The lowest BCUT2D eigenvalue weighted by atomic mass is 9.96. The number of nitrogens with one attached hydrogen (secondary N) is 1. The van der Waals surface area contributed by atoms with Crippen LogP contribution in [0.1, 0.15) is 40.4 Å². The highest BCUT2D eigenvalue weighted by Gasteiger charge is 2.19. The Hall–Kier alpha value is -2.86. The number of halogens is 1. The zero-order valence-electron chi connectivity index (χ0n) is 14.7. The van der Waals surface area contributed by atoms with Crippen LogP contribution in [0.25, 0.3) is 11.4 Å². The smallest absolute Gasteiger partial charge is 0.284 e. The molecule has 0 spiro atoms. The normalized spacial score (nSPS) is 13.2. The summed E-state index contributed by atoms with van der Waals surface area (Å²) in [6.07, 6.45) is 4.12. The van der Waals surface area contributed by atoms with E-state index in [4.69, 9.17) is 31.7 Å². The lowest BCUT2D eigenvalue weighted by Crippen LogP contribution is -2.13. The molecule has 0 saturated heterocycles. The molecule has 1 aliphatic carbocycles. The van der Waals surface area contributed by atoms with Crippen molar-refractivity contribution in [2.24, 2.45) is 5.73 Å². The molecule has 2 aromatic heterocycles. The molecule has 1 aromatic carbocycles. The van der Waals surface area contributed by atoms with Crippen molar-refractivity contribution in [1.82, 2.24) is 9.97 Å². The zero-order chi connectivity index (χ0) is 18.8. The van der Waals surface area contributed by atoms with E-state index in [0.717, 1.165) is 48.3 Å². The Morgan fingerprint density at radius 1 is 1.19 bits per heavy atom. The Labute approximate surface area is 161 Å². The predicted molar refractivity (Wildman–Crippen MR) is 104 cm³/mol. The summed E-state index contributed by atoms with van der Waals surface area (Å²) in [5.41, 5.74) is 8.34. The third-order valence-electron chi connectivity index (χ3n) is 4.60. The molecular formula is C20H19ClN4O2. The number of aryl methyl sites for hydroxylation is 1. The molecule has 27 heavy (non-hydrogen) atoms. The second-order valence-electron chi connectivity index (χ2n) is 6.52. The standard InChI is InChI=1S/C20H19ClN4O2/c21-13-5-3-4-12(10-13)19-24-16-7-2-1-6-15(16)20(25-19)23-11-14-8-9-17(27-14)18(22)26/h3-5,8-10H,1-2,6-7,11H2,(H2,22,26)(H,23,24,25). The Morgan fingerprint density at radius 2 is 2.04 bits per heavy atom. The number of aromatic nitrogens is 2. The van der Waals surface area contributed by atoms with Crippen molar-refractivity contribution in [2.45, 2.75) is 32.2 Å². The number of benzene rings is 1. The minimum atomic E-state index is -0.580. The van der Waals surface area contributed by atoms with Crippen molar-refractivity contribution >= 4 is 23.3 Å². The van der Waals surface area contributed by atoms with Crippen molar-refractivity contribution in [2.75, 3.05) is 5.32 Å². The molecule has 3 N–H and O–H groups in total. The van der Waals surface area contributed by atoms with Crippen molar-refractivity contribution < 1.29 is 9.21 Å². The number of furan rings is 1. The van der Waals surface area contributed by atoms with Crippen molar-refractivity contribution in [3.8, 4) is 11.4 Å². The number of carbonyl (C=O) groups excluding carboxylic acids is 1. The van der Waals surface area contributed by atoms with Crippen molar-refractivity contribution in [1.29, 1.82) is 0 Å². The van der Waals surface area contributed by atoms with Gasteiger partial charge in [-0.2, -0.15) is 0 Å². The second-order valence-corrected chi connectivity index (χ2v) is 6.96. The molecule has 1 aliphatic rings. The average Bonchev–Trinajstić information content (AvgIpc) is 3.15. The van der Waals surface area contributed by atoms with E-state index in [0.29, 0.717) is 23.2 Å². The lowest BCUT2D eigenvalue weighted by Gasteiger charge is -2.19. The average molecular weight is 383 g/mol. The van der Waals surface area contributed by atoms with Gasteiger partial charge in [0.25, 0.3) is 5.91 Å². The van der Waals surface area contributed by atoms with E-state index in [-0.39, 0.29) is 5.76 Å². The minimum Gasteiger partial charge on any atom is -0.454 e. The Bertz CT molecular complexity index is 999. The number of nitrogens with two attached hydrogens (primary N) is 1. The van der Waals surface area contributed by atoms with Crippen LogP contribution in [0.3, 0.4) is 0 Å². The van der Waals surface area contributed by atoms with Gasteiger partial charge in [-0.05, 0) is 49.9 Å². The van der Waals surface area contributed by atoms with E-state index in [1.54, 1.807) is 12.1 Å². The van der Waals surface area contributed by atoms with Crippen LogP contribution in [-0.2, 0) is 19.4 Å². The summed E-state index contributed by atoms with van der Waals surface area (Å²) in [7, 11) is 0.